The first-order valence-electron chi connectivity index (χ1n) is 6.72. The molecule has 0 bridgehead atoms. The van der Waals surface area contributed by atoms with E-state index in [0.717, 1.165) is 0 Å². The highest BCUT2D eigenvalue weighted by molar-refractivity contribution is 5.65. The maximum absolute atomic E-state index is 13.4. The molecule has 116 valence electrons. The van der Waals surface area contributed by atoms with Gasteiger partial charge < -0.3 is 4.74 Å². The maximum atomic E-state index is 13.4. The van der Waals surface area contributed by atoms with E-state index in [4.69, 9.17) is 4.74 Å². The summed E-state index contributed by atoms with van der Waals surface area (Å²) in [6.07, 6.45) is -5.49. The second kappa shape index (κ2) is 6.75. The molecule has 1 atom stereocenters. The number of rotatable bonds is 6. The third-order valence-electron chi connectivity index (χ3n) is 3.32. The summed E-state index contributed by atoms with van der Waals surface area (Å²) in [5.41, 5.74) is -1.88. The van der Waals surface area contributed by atoms with Crippen molar-refractivity contribution in [1.82, 2.24) is 0 Å². The molecule has 0 amide bonds. The summed E-state index contributed by atoms with van der Waals surface area (Å²) < 4.78 is 45.3. The predicted molar refractivity (Wildman–Crippen MR) is 76.2 cm³/mol. The van der Waals surface area contributed by atoms with E-state index < -0.39 is 18.2 Å². The molecule has 0 heterocycles. The standard InChI is InChI=1S/C17H15F3O2/c18-17(19,20)16(13-21,11-14-7-3-1-4-8-14)22-12-15-9-5-2-6-10-15/h1-10,13H,11-12H2. The van der Waals surface area contributed by atoms with Crippen LogP contribution in [0, 0.1) is 0 Å². The van der Waals surface area contributed by atoms with E-state index in [1.807, 2.05) is 0 Å². The van der Waals surface area contributed by atoms with Crippen molar-refractivity contribution in [2.24, 2.45) is 0 Å². The van der Waals surface area contributed by atoms with Gasteiger partial charge in [0.1, 0.15) is 0 Å². The lowest BCUT2D eigenvalue weighted by atomic mass is 9.95. The molecule has 2 nitrogen and oxygen atoms in total. The van der Waals surface area contributed by atoms with Crippen LogP contribution in [0.25, 0.3) is 0 Å². The molecule has 1 unspecified atom stereocenters. The molecule has 0 fully saturated rings. The smallest absolute Gasteiger partial charge is 0.354 e. The van der Waals surface area contributed by atoms with E-state index in [-0.39, 0.29) is 12.9 Å². The minimum atomic E-state index is -4.79. The molecule has 2 rings (SSSR count). The zero-order valence-electron chi connectivity index (χ0n) is 11.7. The second-order valence-corrected chi connectivity index (χ2v) is 4.94. The number of halogens is 3. The van der Waals surface area contributed by atoms with Crippen molar-refractivity contribution in [3.8, 4) is 0 Å². The largest absolute Gasteiger partial charge is 0.424 e. The molecule has 0 aliphatic rings. The lowest BCUT2D eigenvalue weighted by Gasteiger charge is -2.30. The molecule has 0 N–H and O–H groups in total. The predicted octanol–water partition coefficient (Wildman–Crippen LogP) is 3.95. The Labute approximate surface area is 126 Å². The highest BCUT2D eigenvalue weighted by atomic mass is 19.4. The molecule has 22 heavy (non-hydrogen) atoms. The molecule has 0 saturated heterocycles. The van der Waals surface area contributed by atoms with Crippen LogP contribution in [0.5, 0.6) is 0 Å². The molecule has 2 aromatic carbocycles. The zero-order chi connectivity index (χ0) is 16.1. The van der Waals surface area contributed by atoms with Gasteiger partial charge in [-0.15, -0.1) is 0 Å². The summed E-state index contributed by atoms with van der Waals surface area (Å²) in [5.74, 6) is 0. The highest BCUT2D eigenvalue weighted by Gasteiger charge is 2.56. The van der Waals surface area contributed by atoms with Gasteiger partial charge in [0.25, 0.3) is 0 Å². The molecule has 0 spiro atoms. The Hall–Kier alpha value is -2.14. The summed E-state index contributed by atoms with van der Waals surface area (Å²) in [6, 6.07) is 16.5. The van der Waals surface area contributed by atoms with Crippen molar-refractivity contribution in [3.63, 3.8) is 0 Å². The molecule has 0 aliphatic heterocycles. The first-order valence-corrected chi connectivity index (χ1v) is 6.72. The molecule has 0 radical (unpaired) electrons. The Morgan fingerprint density at radius 1 is 0.864 bits per heavy atom. The van der Waals surface area contributed by atoms with E-state index in [1.165, 1.54) is 12.1 Å². The fraction of sp³-hybridized carbons (Fsp3) is 0.235. The molecule has 2 aromatic rings. The molecular weight excluding hydrogens is 293 g/mol. The lowest BCUT2D eigenvalue weighted by Crippen LogP contribution is -2.51. The van der Waals surface area contributed by atoms with Crippen LogP contribution in [0.15, 0.2) is 60.7 Å². The van der Waals surface area contributed by atoms with Crippen molar-refractivity contribution in [1.29, 1.82) is 0 Å². The van der Waals surface area contributed by atoms with Crippen LogP contribution < -0.4 is 0 Å². The number of aldehydes is 1. The van der Waals surface area contributed by atoms with Crippen molar-refractivity contribution < 1.29 is 22.7 Å². The minimum Gasteiger partial charge on any atom is -0.354 e. The van der Waals surface area contributed by atoms with Gasteiger partial charge in [-0.1, -0.05) is 60.7 Å². The first-order chi connectivity index (χ1) is 10.5. The third kappa shape index (κ3) is 3.74. The summed E-state index contributed by atoms with van der Waals surface area (Å²) in [4.78, 5) is 11.3. The van der Waals surface area contributed by atoms with Gasteiger partial charge >= 0.3 is 6.18 Å². The van der Waals surface area contributed by atoms with Gasteiger partial charge in [-0.3, -0.25) is 4.79 Å². The van der Waals surface area contributed by atoms with Crippen LogP contribution in [-0.4, -0.2) is 18.1 Å². The van der Waals surface area contributed by atoms with E-state index in [1.54, 1.807) is 48.5 Å². The van der Waals surface area contributed by atoms with Crippen molar-refractivity contribution in [2.45, 2.75) is 24.8 Å². The second-order valence-electron chi connectivity index (χ2n) is 4.94. The van der Waals surface area contributed by atoms with Crippen LogP contribution in [0.4, 0.5) is 13.2 Å². The third-order valence-corrected chi connectivity index (χ3v) is 3.32. The Kier molecular flexibility index (Phi) is 4.98. The first kappa shape index (κ1) is 16.2. The fourth-order valence-corrected chi connectivity index (χ4v) is 2.06. The summed E-state index contributed by atoms with van der Waals surface area (Å²) in [5, 5.41) is 0. The number of hydrogen-bond donors (Lipinski definition) is 0. The van der Waals surface area contributed by atoms with Crippen LogP contribution in [-0.2, 0) is 22.6 Å². The van der Waals surface area contributed by atoms with Crippen LogP contribution in [0.1, 0.15) is 11.1 Å². The number of ether oxygens (including phenoxy) is 1. The van der Waals surface area contributed by atoms with Crippen molar-refractivity contribution >= 4 is 6.29 Å². The Bertz CT molecular complexity index is 596. The summed E-state index contributed by atoms with van der Waals surface area (Å²) >= 11 is 0. The Balaban J connectivity index is 2.23. The van der Waals surface area contributed by atoms with Crippen LogP contribution in [0.3, 0.4) is 0 Å². The number of benzene rings is 2. The molecule has 0 aromatic heterocycles. The zero-order valence-corrected chi connectivity index (χ0v) is 11.7. The van der Waals surface area contributed by atoms with E-state index >= 15 is 0 Å². The molecule has 0 saturated carbocycles. The quantitative estimate of drug-likeness (QED) is 0.755. The van der Waals surface area contributed by atoms with Gasteiger partial charge in [0.2, 0.25) is 5.60 Å². The van der Waals surface area contributed by atoms with Gasteiger partial charge in [0.15, 0.2) is 6.29 Å². The topological polar surface area (TPSA) is 26.3 Å². The minimum absolute atomic E-state index is 0.150. The monoisotopic (exact) mass is 308 g/mol. The van der Waals surface area contributed by atoms with Gasteiger partial charge in [-0.05, 0) is 11.1 Å². The number of carbonyl (C=O) groups excluding carboxylic acids is 1. The molecular formula is C17H15F3O2. The SMILES string of the molecule is O=CC(Cc1ccccc1)(OCc1ccccc1)C(F)(F)F. The van der Waals surface area contributed by atoms with Crippen molar-refractivity contribution in [2.75, 3.05) is 0 Å². The Morgan fingerprint density at radius 2 is 1.36 bits per heavy atom. The summed E-state index contributed by atoms with van der Waals surface area (Å²) in [6.45, 7) is -0.286. The van der Waals surface area contributed by atoms with E-state index in [9.17, 15) is 18.0 Å². The van der Waals surface area contributed by atoms with Crippen molar-refractivity contribution in [3.05, 3.63) is 71.8 Å². The number of hydrogen-bond acceptors (Lipinski definition) is 2. The molecule has 0 aliphatic carbocycles. The van der Waals surface area contributed by atoms with Gasteiger partial charge in [0.05, 0.1) is 6.61 Å². The van der Waals surface area contributed by atoms with Crippen LogP contribution in [0.2, 0.25) is 0 Å². The number of alkyl halides is 3. The average molecular weight is 308 g/mol. The highest BCUT2D eigenvalue weighted by Crippen LogP contribution is 2.36. The van der Waals surface area contributed by atoms with E-state index in [2.05, 4.69) is 0 Å². The van der Waals surface area contributed by atoms with Gasteiger partial charge in [-0.2, -0.15) is 13.2 Å². The van der Waals surface area contributed by atoms with E-state index in [0.29, 0.717) is 11.1 Å². The Morgan fingerprint density at radius 3 is 1.82 bits per heavy atom. The van der Waals surface area contributed by atoms with Gasteiger partial charge in [0, 0.05) is 6.42 Å². The normalized spacial score (nSPS) is 14.3. The van der Waals surface area contributed by atoms with Crippen LogP contribution >= 0.6 is 0 Å². The molecule has 5 heteroatoms. The van der Waals surface area contributed by atoms with Gasteiger partial charge in [-0.25, -0.2) is 0 Å². The lowest BCUT2D eigenvalue weighted by molar-refractivity contribution is -0.263. The average Bonchev–Trinajstić information content (AvgIpc) is 2.52. The fourth-order valence-electron chi connectivity index (χ4n) is 2.06. The maximum Gasteiger partial charge on any atom is 0.424 e. The summed E-state index contributed by atoms with van der Waals surface area (Å²) in [7, 11) is 0. The number of carbonyl (C=O) groups is 1.